The number of anilines is 2. The van der Waals surface area contributed by atoms with Crippen molar-refractivity contribution >= 4 is 23.2 Å². The number of nitrogens with one attached hydrogen (secondary N) is 1. The minimum absolute atomic E-state index is 0.0637. The Kier molecular flexibility index (Phi) is 6.42. The summed E-state index contributed by atoms with van der Waals surface area (Å²) in [6.07, 6.45) is 0.242. The van der Waals surface area contributed by atoms with Crippen LogP contribution in [0.4, 0.5) is 11.4 Å². The average Bonchev–Trinajstić information content (AvgIpc) is 2.58. The summed E-state index contributed by atoms with van der Waals surface area (Å²) in [5.41, 5.74) is 4.90. The van der Waals surface area contributed by atoms with Crippen LogP contribution in [-0.2, 0) is 15.0 Å². The summed E-state index contributed by atoms with van der Waals surface area (Å²) >= 11 is 0. The fourth-order valence-electron chi connectivity index (χ4n) is 3.10. The van der Waals surface area contributed by atoms with E-state index in [-0.39, 0.29) is 23.7 Å². The molecule has 0 aliphatic carbocycles. The molecule has 0 unspecified atom stereocenters. The van der Waals surface area contributed by atoms with E-state index in [1.54, 1.807) is 11.8 Å². The Bertz CT molecular complexity index is 835. The first-order valence-electron chi connectivity index (χ1n) is 9.35. The zero-order valence-corrected chi connectivity index (χ0v) is 17.2. The van der Waals surface area contributed by atoms with Crippen molar-refractivity contribution in [3.63, 3.8) is 0 Å². The predicted molar refractivity (Wildman–Crippen MR) is 112 cm³/mol. The van der Waals surface area contributed by atoms with Gasteiger partial charge in [-0.25, -0.2) is 0 Å². The van der Waals surface area contributed by atoms with Gasteiger partial charge in [0.05, 0.1) is 0 Å². The van der Waals surface area contributed by atoms with Gasteiger partial charge in [0.1, 0.15) is 0 Å². The fraction of sp³-hybridized carbons (Fsp3) is 0.391. The number of aryl methyl sites for hydroxylation is 1. The number of benzene rings is 2. The third kappa shape index (κ3) is 5.19. The third-order valence-electron chi connectivity index (χ3n) is 4.82. The highest BCUT2D eigenvalue weighted by molar-refractivity contribution is 5.95. The molecule has 0 radical (unpaired) electrons. The lowest BCUT2D eigenvalue weighted by molar-refractivity contribution is -0.117. The molecule has 0 saturated heterocycles. The van der Waals surface area contributed by atoms with Crippen LogP contribution in [0.5, 0.6) is 0 Å². The molecule has 1 N–H and O–H groups in total. The number of hydrogen-bond donors (Lipinski definition) is 1. The maximum absolute atomic E-state index is 12.5. The van der Waals surface area contributed by atoms with E-state index in [0.29, 0.717) is 6.54 Å². The summed E-state index contributed by atoms with van der Waals surface area (Å²) in [5, 5.41) is 2.96. The Morgan fingerprint density at radius 1 is 1.00 bits per heavy atom. The molecular weight excluding hydrogens is 336 g/mol. The maximum Gasteiger partial charge on any atom is 0.226 e. The topological polar surface area (TPSA) is 49.4 Å². The van der Waals surface area contributed by atoms with Crippen LogP contribution in [0.15, 0.2) is 42.5 Å². The van der Waals surface area contributed by atoms with Gasteiger partial charge in [0.15, 0.2) is 0 Å². The Labute approximate surface area is 162 Å². The van der Waals surface area contributed by atoms with Gasteiger partial charge < -0.3 is 10.2 Å². The minimum atomic E-state index is -0.0943. The van der Waals surface area contributed by atoms with Gasteiger partial charge in [0.2, 0.25) is 11.8 Å². The Morgan fingerprint density at radius 3 is 2.30 bits per heavy atom. The van der Waals surface area contributed by atoms with E-state index < -0.39 is 0 Å². The van der Waals surface area contributed by atoms with Crippen LogP contribution in [0, 0.1) is 13.8 Å². The minimum Gasteiger partial charge on any atom is -0.326 e. The first-order chi connectivity index (χ1) is 12.6. The summed E-state index contributed by atoms with van der Waals surface area (Å²) in [5.74, 6) is -0.158. The van der Waals surface area contributed by atoms with Gasteiger partial charge >= 0.3 is 0 Å². The molecule has 0 heterocycles. The third-order valence-corrected chi connectivity index (χ3v) is 4.82. The lowest BCUT2D eigenvalue weighted by Crippen LogP contribution is -2.34. The van der Waals surface area contributed by atoms with Gasteiger partial charge in [0.25, 0.3) is 0 Å². The van der Waals surface area contributed by atoms with Crippen LogP contribution >= 0.6 is 0 Å². The zero-order valence-electron chi connectivity index (χ0n) is 17.2. The van der Waals surface area contributed by atoms with Gasteiger partial charge in [-0.3, -0.25) is 9.59 Å². The second-order valence-electron chi connectivity index (χ2n) is 7.98. The second-order valence-corrected chi connectivity index (χ2v) is 7.98. The highest BCUT2D eigenvalue weighted by Gasteiger charge is 2.23. The molecule has 0 bridgehead atoms. The van der Waals surface area contributed by atoms with Gasteiger partial charge in [-0.1, -0.05) is 51.1 Å². The number of carbonyl (C=O) groups excluding carboxylic acids is 2. The Balaban J connectivity index is 2.15. The molecule has 2 amide bonds. The fourth-order valence-corrected chi connectivity index (χ4v) is 3.10. The van der Waals surface area contributed by atoms with E-state index in [9.17, 15) is 9.59 Å². The maximum atomic E-state index is 12.5. The highest BCUT2D eigenvalue weighted by atomic mass is 16.2. The van der Waals surface area contributed by atoms with Crippen LogP contribution in [0.2, 0.25) is 0 Å². The number of nitrogens with zero attached hydrogens (tertiary/aromatic N) is 1. The van der Waals surface area contributed by atoms with Crippen molar-refractivity contribution in [3.8, 4) is 0 Å². The van der Waals surface area contributed by atoms with E-state index >= 15 is 0 Å². The zero-order chi connectivity index (χ0) is 20.2. The van der Waals surface area contributed by atoms with Crippen LogP contribution < -0.4 is 10.2 Å². The Hall–Kier alpha value is -2.62. The van der Waals surface area contributed by atoms with Gasteiger partial charge in [-0.2, -0.15) is 0 Å². The molecule has 27 heavy (non-hydrogen) atoms. The molecule has 0 aliphatic rings. The summed E-state index contributed by atoms with van der Waals surface area (Å²) < 4.78 is 0. The largest absolute Gasteiger partial charge is 0.326 e. The standard InChI is InChI=1S/C23H30N2O2/c1-16-10-9-12-20(17(16)2)24-22(27)14-15-25(18(3)26)21-13-8-7-11-19(21)23(4,5)6/h7-13H,14-15H2,1-6H3,(H,24,27). The van der Waals surface area contributed by atoms with E-state index in [2.05, 4.69) is 26.1 Å². The number of carbonyl (C=O) groups is 2. The molecule has 2 rings (SSSR count). The molecular formula is C23H30N2O2. The van der Waals surface area contributed by atoms with Crippen LogP contribution in [-0.4, -0.2) is 18.4 Å². The normalized spacial score (nSPS) is 11.2. The number of para-hydroxylation sites is 1. The lowest BCUT2D eigenvalue weighted by Gasteiger charge is -2.29. The molecule has 2 aromatic carbocycles. The first-order valence-corrected chi connectivity index (χ1v) is 9.35. The summed E-state index contributed by atoms with van der Waals surface area (Å²) in [4.78, 5) is 26.5. The van der Waals surface area contributed by atoms with Crippen LogP contribution in [0.3, 0.4) is 0 Å². The van der Waals surface area contributed by atoms with Gasteiger partial charge in [0, 0.05) is 31.3 Å². The number of hydrogen-bond acceptors (Lipinski definition) is 2. The smallest absolute Gasteiger partial charge is 0.226 e. The summed E-state index contributed by atoms with van der Waals surface area (Å²) in [6, 6.07) is 13.8. The lowest BCUT2D eigenvalue weighted by atomic mass is 9.85. The van der Waals surface area contributed by atoms with Crippen molar-refractivity contribution in [2.24, 2.45) is 0 Å². The van der Waals surface area contributed by atoms with Crippen molar-refractivity contribution < 1.29 is 9.59 Å². The SMILES string of the molecule is CC(=O)N(CCC(=O)Nc1cccc(C)c1C)c1ccccc1C(C)(C)C. The van der Waals surface area contributed by atoms with Crippen molar-refractivity contribution in [2.45, 2.75) is 53.4 Å². The van der Waals surface area contributed by atoms with E-state index in [4.69, 9.17) is 0 Å². The molecule has 0 saturated carbocycles. The predicted octanol–water partition coefficient (Wildman–Crippen LogP) is 4.98. The van der Waals surface area contributed by atoms with Crippen molar-refractivity contribution in [1.29, 1.82) is 0 Å². The van der Waals surface area contributed by atoms with Gasteiger partial charge in [-0.15, -0.1) is 0 Å². The first kappa shape index (κ1) is 20.7. The second kappa shape index (κ2) is 8.38. The molecule has 4 nitrogen and oxygen atoms in total. The molecule has 144 valence electrons. The molecule has 0 aromatic heterocycles. The van der Waals surface area contributed by atoms with E-state index in [0.717, 1.165) is 28.1 Å². The molecule has 0 atom stereocenters. The van der Waals surface area contributed by atoms with Crippen molar-refractivity contribution in [3.05, 3.63) is 59.2 Å². The van der Waals surface area contributed by atoms with Crippen molar-refractivity contribution in [1.82, 2.24) is 0 Å². The molecule has 0 spiro atoms. The molecule has 0 aliphatic heterocycles. The molecule has 2 aromatic rings. The summed E-state index contributed by atoms with van der Waals surface area (Å²) in [7, 11) is 0. The number of rotatable bonds is 5. The monoisotopic (exact) mass is 366 g/mol. The van der Waals surface area contributed by atoms with Crippen LogP contribution in [0.25, 0.3) is 0 Å². The van der Waals surface area contributed by atoms with Crippen molar-refractivity contribution in [2.75, 3.05) is 16.8 Å². The van der Waals surface area contributed by atoms with Crippen LogP contribution in [0.1, 0.15) is 50.8 Å². The van der Waals surface area contributed by atoms with E-state index in [1.165, 1.54) is 0 Å². The van der Waals surface area contributed by atoms with Gasteiger partial charge in [-0.05, 0) is 48.1 Å². The quantitative estimate of drug-likeness (QED) is 0.811. The average molecular weight is 367 g/mol. The summed E-state index contributed by atoms with van der Waals surface area (Å²) in [6.45, 7) is 12.3. The highest BCUT2D eigenvalue weighted by Crippen LogP contribution is 2.32. The molecule has 0 fully saturated rings. The molecule has 4 heteroatoms. The Morgan fingerprint density at radius 2 is 1.67 bits per heavy atom. The number of amides is 2. The van der Waals surface area contributed by atoms with E-state index in [1.807, 2.05) is 56.3 Å².